The number of pyridine rings is 1. The number of aromatic nitrogens is 1. The van der Waals surface area contributed by atoms with Crippen molar-refractivity contribution < 1.29 is 14.3 Å². The third-order valence-electron chi connectivity index (χ3n) is 6.76. The second kappa shape index (κ2) is 8.08. The van der Waals surface area contributed by atoms with Crippen LogP contribution in [0.3, 0.4) is 0 Å². The zero-order valence-corrected chi connectivity index (χ0v) is 18.6. The maximum absolute atomic E-state index is 13.0. The van der Waals surface area contributed by atoms with E-state index in [9.17, 15) is 9.59 Å². The van der Waals surface area contributed by atoms with E-state index in [4.69, 9.17) is 10.5 Å². The minimum Gasteiger partial charge on any atom is -0.378 e. The predicted octanol–water partition coefficient (Wildman–Crippen LogP) is 4.04. The lowest BCUT2D eigenvalue weighted by Crippen LogP contribution is -2.40. The van der Waals surface area contributed by atoms with Gasteiger partial charge < -0.3 is 15.4 Å². The van der Waals surface area contributed by atoms with Crippen molar-refractivity contribution in [2.75, 3.05) is 26.3 Å². The second-order valence-corrected chi connectivity index (χ2v) is 8.78. The van der Waals surface area contributed by atoms with Crippen molar-refractivity contribution >= 4 is 22.7 Å². The molecule has 0 radical (unpaired) electrons. The van der Waals surface area contributed by atoms with Crippen molar-refractivity contribution in [3.63, 3.8) is 0 Å². The predicted molar refractivity (Wildman–Crippen MR) is 131 cm³/mol. The average Bonchev–Trinajstić information content (AvgIpc) is 3.25. The number of nitrogens with two attached hydrogens (primary N) is 1. The van der Waals surface area contributed by atoms with Gasteiger partial charge in [0.05, 0.1) is 18.7 Å². The number of ether oxygens (including phenoxy) is 1. The first-order chi connectivity index (χ1) is 16.6. The molecule has 1 aromatic heterocycles. The fourth-order valence-corrected chi connectivity index (χ4v) is 5.02. The Bertz CT molecular complexity index is 1470. The Hall–Kier alpha value is -4.03. The topological polar surface area (TPSA) is 85.5 Å². The number of carbonyl (C=O) groups excluding carboxylic acids is 2. The number of rotatable bonds is 3. The molecule has 0 unspecified atom stereocenters. The highest BCUT2D eigenvalue weighted by molar-refractivity contribution is 6.01. The number of amides is 2. The molecule has 1 fully saturated rings. The molecule has 6 rings (SSSR count). The van der Waals surface area contributed by atoms with Gasteiger partial charge in [0.25, 0.3) is 5.91 Å². The van der Waals surface area contributed by atoms with Gasteiger partial charge >= 0.3 is 0 Å². The van der Waals surface area contributed by atoms with Crippen molar-refractivity contribution in [2.24, 2.45) is 5.73 Å². The molecule has 168 valence electrons. The number of hydrogen-bond donors (Lipinski definition) is 1. The van der Waals surface area contributed by atoms with Gasteiger partial charge in [-0.1, -0.05) is 18.2 Å². The fraction of sp³-hybridized carbons (Fsp3) is 0.179. The number of primary amides is 1. The molecule has 6 nitrogen and oxygen atoms in total. The molecule has 0 saturated carbocycles. The molecule has 1 aliphatic heterocycles. The van der Waals surface area contributed by atoms with E-state index in [0.717, 1.165) is 44.3 Å². The van der Waals surface area contributed by atoms with Gasteiger partial charge in [0.1, 0.15) is 0 Å². The van der Waals surface area contributed by atoms with E-state index in [1.165, 1.54) is 0 Å². The van der Waals surface area contributed by atoms with Crippen LogP contribution in [0.5, 0.6) is 0 Å². The second-order valence-electron chi connectivity index (χ2n) is 8.78. The van der Waals surface area contributed by atoms with E-state index in [0.29, 0.717) is 43.9 Å². The molecule has 0 bridgehead atoms. The summed E-state index contributed by atoms with van der Waals surface area (Å²) in [6.07, 6.45) is 2.35. The van der Waals surface area contributed by atoms with Gasteiger partial charge in [-0.15, -0.1) is 0 Å². The van der Waals surface area contributed by atoms with Crippen LogP contribution in [0.2, 0.25) is 0 Å². The van der Waals surface area contributed by atoms with Gasteiger partial charge in [0.15, 0.2) is 0 Å². The zero-order chi connectivity index (χ0) is 23.2. The first-order valence-corrected chi connectivity index (χ1v) is 11.4. The minimum atomic E-state index is -0.446. The molecular formula is C28H23N3O3. The lowest BCUT2D eigenvalue weighted by molar-refractivity contribution is 0.0303. The van der Waals surface area contributed by atoms with Crippen molar-refractivity contribution in [3.8, 4) is 22.3 Å². The monoisotopic (exact) mass is 449 g/mol. The summed E-state index contributed by atoms with van der Waals surface area (Å²) in [5.74, 6) is -0.430. The van der Waals surface area contributed by atoms with E-state index in [-0.39, 0.29) is 5.91 Å². The Kier molecular flexibility index (Phi) is 4.89. The normalized spacial score (nSPS) is 14.6. The largest absolute Gasteiger partial charge is 0.378 e. The summed E-state index contributed by atoms with van der Waals surface area (Å²) in [5, 5.41) is 1.03. The maximum Gasteiger partial charge on any atom is 0.254 e. The van der Waals surface area contributed by atoms with E-state index >= 15 is 0 Å². The maximum atomic E-state index is 13.0. The summed E-state index contributed by atoms with van der Waals surface area (Å²) in [6.45, 7) is 2.34. The van der Waals surface area contributed by atoms with Crippen LogP contribution in [0.15, 0.2) is 66.9 Å². The summed E-state index contributed by atoms with van der Waals surface area (Å²) >= 11 is 0. The molecule has 1 aliphatic carbocycles. The van der Waals surface area contributed by atoms with Crippen LogP contribution < -0.4 is 5.73 Å². The first kappa shape index (κ1) is 20.6. The summed E-state index contributed by atoms with van der Waals surface area (Å²) < 4.78 is 5.37. The molecule has 3 aromatic carbocycles. The highest BCUT2D eigenvalue weighted by Gasteiger charge is 2.26. The van der Waals surface area contributed by atoms with Crippen LogP contribution in [-0.4, -0.2) is 48.0 Å². The molecular weight excluding hydrogens is 426 g/mol. The van der Waals surface area contributed by atoms with E-state index < -0.39 is 5.91 Å². The van der Waals surface area contributed by atoms with Crippen molar-refractivity contribution in [3.05, 3.63) is 89.1 Å². The SMILES string of the molecule is NC(=O)c1cc(-c2ccc3ncccc3c2)cc2c1Cc1cc(C(=O)N3CCOCC3)ccc1-2. The van der Waals surface area contributed by atoms with Crippen LogP contribution in [-0.2, 0) is 11.2 Å². The Morgan fingerprint density at radius 1 is 0.912 bits per heavy atom. The molecule has 2 amide bonds. The third-order valence-corrected chi connectivity index (χ3v) is 6.76. The summed E-state index contributed by atoms with van der Waals surface area (Å²) in [7, 11) is 0. The molecule has 0 spiro atoms. The number of benzene rings is 3. The minimum absolute atomic E-state index is 0.0163. The summed E-state index contributed by atoms with van der Waals surface area (Å²) in [6, 6.07) is 19.8. The molecule has 2 aliphatic rings. The van der Waals surface area contributed by atoms with Crippen LogP contribution in [0.25, 0.3) is 33.2 Å². The molecule has 34 heavy (non-hydrogen) atoms. The first-order valence-electron chi connectivity index (χ1n) is 11.4. The van der Waals surface area contributed by atoms with Gasteiger partial charge in [-0.05, 0) is 82.3 Å². The van der Waals surface area contributed by atoms with Crippen LogP contribution in [0, 0.1) is 0 Å². The highest BCUT2D eigenvalue weighted by Crippen LogP contribution is 2.41. The highest BCUT2D eigenvalue weighted by atomic mass is 16.5. The summed E-state index contributed by atoms with van der Waals surface area (Å²) in [5.41, 5.74) is 13.9. The Labute approximate surface area is 197 Å². The standard InChI is InChI=1S/C28H23N3O3/c29-27(32)25-15-20(17-4-6-26-18(12-17)2-1-7-30-26)14-23-22-5-3-19(13-21(22)16-24(23)25)28(33)31-8-10-34-11-9-31/h1-7,12-15H,8-11,16H2,(H2,29,32). The number of hydrogen-bond acceptors (Lipinski definition) is 4. The molecule has 1 saturated heterocycles. The third kappa shape index (κ3) is 3.43. The smallest absolute Gasteiger partial charge is 0.254 e. The number of fused-ring (bicyclic) bond motifs is 4. The van der Waals surface area contributed by atoms with Crippen molar-refractivity contribution in [1.29, 1.82) is 0 Å². The molecule has 2 N–H and O–H groups in total. The van der Waals surface area contributed by atoms with Gasteiger partial charge in [0, 0.05) is 35.8 Å². The van der Waals surface area contributed by atoms with Gasteiger partial charge in [0.2, 0.25) is 5.91 Å². The van der Waals surface area contributed by atoms with Crippen molar-refractivity contribution in [1.82, 2.24) is 9.88 Å². The quantitative estimate of drug-likeness (QED) is 0.450. The molecule has 4 aromatic rings. The number of morpholine rings is 1. The lowest BCUT2D eigenvalue weighted by atomic mass is 9.93. The fourth-order valence-electron chi connectivity index (χ4n) is 5.02. The Balaban J connectivity index is 1.42. The number of carbonyl (C=O) groups is 2. The van der Waals surface area contributed by atoms with E-state index in [2.05, 4.69) is 17.1 Å². The van der Waals surface area contributed by atoms with Crippen LogP contribution in [0.4, 0.5) is 0 Å². The van der Waals surface area contributed by atoms with E-state index in [1.807, 2.05) is 53.4 Å². The number of nitrogens with zero attached hydrogens (tertiary/aromatic N) is 2. The molecule has 0 atom stereocenters. The van der Waals surface area contributed by atoms with Gasteiger partial charge in [-0.3, -0.25) is 14.6 Å². The average molecular weight is 450 g/mol. The van der Waals surface area contributed by atoms with Crippen LogP contribution >= 0.6 is 0 Å². The summed E-state index contributed by atoms with van der Waals surface area (Å²) in [4.78, 5) is 31.6. The van der Waals surface area contributed by atoms with Gasteiger partial charge in [-0.25, -0.2) is 0 Å². The Morgan fingerprint density at radius 3 is 2.59 bits per heavy atom. The zero-order valence-electron chi connectivity index (χ0n) is 18.6. The molecule has 2 heterocycles. The van der Waals surface area contributed by atoms with E-state index in [1.54, 1.807) is 6.20 Å². The van der Waals surface area contributed by atoms with Crippen molar-refractivity contribution in [2.45, 2.75) is 6.42 Å². The Morgan fingerprint density at radius 2 is 1.76 bits per heavy atom. The lowest BCUT2D eigenvalue weighted by Gasteiger charge is -2.27. The van der Waals surface area contributed by atoms with Gasteiger partial charge in [-0.2, -0.15) is 0 Å². The van der Waals surface area contributed by atoms with Crippen LogP contribution in [0.1, 0.15) is 31.8 Å². The molecule has 6 heteroatoms.